The van der Waals surface area contributed by atoms with Gasteiger partial charge in [0, 0.05) is 12.0 Å². The molecule has 0 heterocycles. The summed E-state index contributed by atoms with van der Waals surface area (Å²) >= 11 is 0. The minimum absolute atomic E-state index is 0.187. The fraction of sp³-hybridized carbons (Fsp3) is 0.588. The third kappa shape index (κ3) is 3.82. The molecule has 2 heteroatoms. The van der Waals surface area contributed by atoms with Crippen LogP contribution in [0.3, 0.4) is 0 Å². The normalized spacial score (nSPS) is 27.0. The van der Waals surface area contributed by atoms with Crippen LogP contribution in [0.2, 0.25) is 0 Å². The number of ketones is 1. The lowest BCUT2D eigenvalue weighted by Gasteiger charge is -2.31. The van der Waals surface area contributed by atoms with Crippen LogP contribution in [0.4, 0.5) is 0 Å². The van der Waals surface area contributed by atoms with Crippen molar-refractivity contribution in [3.63, 3.8) is 0 Å². The number of hydrogen-bond donors (Lipinski definition) is 0. The Morgan fingerprint density at radius 2 is 1.68 bits per heavy atom. The Morgan fingerprint density at radius 3 is 2.21 bits per heavy atom. The second kappa shape index (κ2) is 6.23. The predicted octanol–water partition coefficient (Wildman–Crippen LogP) is 4.48. The van der Waals surface area contributed by atoms with Crippen molar-refractivity contribution in [1.82, 2.24) is 0 Å². The minimum Gasteiger partial charge on any atom is -0.490 e. The van der Waals surface area contributed by atoms with Crippen LogP contribution in [0.1, 0.15) is 56.8 Å². The summed E-state index contributed by atoms with van der Waals surface area (Å²) in [5.74, 6) is 2.56. The molecule has 2 atom stereocenters. The molecule has 0 saturated heterocycles. The van der Waals surface area contributed by atoms with E-state index in [1.54, 1.807) is 0 Å². The van der Waals surface area contributed by atoms with Gasteiger partial charge >= 0.3 is 0 Å². The molecule has 1 fully saturated rings. The summed E-state index contributed by atoms with van der Waals surface area (Å²) in [6, 6.07) is 7.59. The Hall–Kier alpha value is -1.31. The number of benzene rings is 1. The standard InChI is InChI=1S/C17H24O2/c1-4-17(18)14-5-7-15(8-6-14)19-16-10-12(2)9-13(3)11-16/h5-8,12-13,16H,4,9-11H2,1-3H3. The first-order valence-corrected chi connectivity index (χ1v) is 7.38. The van der Waals surface area contributed by atoms with Crippen molar-refractivity contribution in [2.75, 3.05) is 0 Å². The molecule has 19 heavy (non-hydrogen) atoms. The lowest BCUT2D eigenvalue weighted by molar-refractivity contribution is 0.0986. The molecule has 2 rings (SSSR count). The lowest BCUT2D eigenvalue weighted by Crippen LogP contribution is -2.28. The number of carbonyl (C=O) groups is 1. The molecule has 104 valence electrons. The zero-order chi connectivity index (χ0) is 13.8. The first-order chi connectivity index (χ1) is 9.08. The average Bonchev–Trinajstić information content (AvgIpc) is 2.37. The van der Waals surface area contributed by atoms with Crippen molar-refractivity contribution in [3.8, 4) is 5.75 Å². The van der Waals surface area contributed by atoms with Gasteiger partial charge in [-0.25, -0.2) is 0 Å². The third-order valence-corrected chi connectivity index (χ3v) is 3.94. The summed E-state index contributed by atoms with van der Waals surface area (Å²) in [6.07, 6.45) is 4.47. The van der Waals surface area contributed by atoms with E-state index >= 15 is 0 Å². The van der Waals surface area contributed by atoms with Gasteiger partial charge in [-0.15, -0.1) is 0 Å². The van der Waals surface area contributed by atoms with Gasteiger partial charge in [-0.05, 0) is 55.4 Å². The van der Waals surface area contributed by atoms with E-state index in [0.29, 0.717) is 12.5 Å². The highest BCUT2D eigenvalue weighted by Crippen LogP contribution is 2.31. The zero-order valence-electron chi connectivity index (χ0n) is 12.2. The van der Waals surface area contributed by atoms with Crippen LogP contribution in [0.15, 0.2) is 24.3 Å². The summed E-state index contributed by atoms with van der Waals surface area (Å²) in [5, 5.41) is 0. The van der Waals surface area contributed by atoms with Crippen molar-refractivity contribution < 1.29 is 9.53 Å². The summed E-state index contributed by atoms with van der Waals surface area (Å²) in [7, 11) is 0. The fourth-order valence-corrected chi connectivity index (χ4v) is 3.09. The molecule has 0 radical (unpaired) electrons. The number of Topliss-reactive ketones (excluding diaryl/α,β-unsaturated/α-hetero) is 1. The molecular formula is C17H24O2. The molecular weight excluding hydrogens is 236 g/mol. The topological polar surface area (TPSA) is 26.3 Å². The van der Waals surface area contributed by atoms with E-state index in [2.05, 4.69) is 13.8 Å². The molecule has 1 saturated carbocycles. The number of rotatable bonds is 4. The molecule has 1 aliphatic carbocycles. The Balaban J connectivity index is 1.97. The van der Waals surface area contributed by atoms with Gasteiger partial charge in [0.2, 0.25) is 0 Å². The van der Waals surface area contributed by atoms with Crippen LogP contribution < -0.4 is 4.74 Å². The summed E-state index contributed by atoms with van der Waals surface area (Å²) in [6.45, 7) is 6.49. The van der Waals surface area contributed by atoms with Crippen LogP contribution in [0.25, 0.3) is 0 Å². The molecule has 0 aliphatic heterocycles. The van der Waals surface area contributed by atoms with E-state index in [9.17, 15) is 4.79 Å². The predicted molar refractivity (Wildman–Crippen MR) is 77.7 cm³/mol. The van der Waals surface area contributed by atoms with Crippen LogP contribution >= 0.6 is 0 Å². The highest BCUT2D eigenvalue weighted by atomic mass is 16.5. The van der Waals surface area contributed by atoms with E-state index in [1.165, 1.54) is 6.42 Å². The molecule has 1 aromatic rings. The van der Waals surface area contributed by atoms with Gasteiger partial charge in [0.15, 0.2) is 5.78 Å². The minimum atomic E-state index is 0.187. The number of ether oxygens (including phenoxy) is 1. The molecule has 1 aliphatic rings. The maximum absolute atomic E-state index is 11.6. The molecule has 0 spiro atoms. The smallest absolute Gasteiger partial charge is 0.162 e. The zero-order valence-corrected chi connectivity index (χ0v) is 12.2. The van der Waals surface area contributed by atoms with Crippen molar-refractivity contribution in [3.05, 3.63) is 29.8 Å². The summed E-state index contributed by atoms with van der Waals surface area (Å²) < 4.78 is 6.05. The molecule has 2 unspecified atom stereocenters. The van der Waals surface area contributed by atoms with E-state index in [-0.39, 0.29) is 5.78 Å². The van der Waals surface area contributed by atoms with Crippen LogP contribution in [-0.2, 0) is 0 Å². The van der Waals surface area contributed by atoms with Gasteiger partial charge in [0.1, 0.15) is 5.75 Å². The molecule has 1 aromatic carbocycles. The Kier molecular flexibility index (Phi) is 4.62. The number of carbonyl (C=O) groups excluding carboxylic acids is 1. The van der Waals surface area contributed by atoms with Gasteiger partial charge in [-0.1, -0.05) is 20.8 Å². The van der Waals surface area contributed by atoms with Gasteiger partial charge in [0.25, 0.3) is 0 Å². The summed E-state index contributed by atoms with van der Waals surface area (Å²) in [4.78, 5) is 11.6. The average molecular weight is 260 g/mol. The SMILES string of the molecule is CCC(=O)c1ccc(OC2CC(C)CC(C)C2)cc1. The third-order valence-electron chi connectivity index (χ3n) is 3.94. The van der Waals surface area contributed by atoms with Crippen molar-refractivity contribution in [2.45, 2.75) is 52.6 Å². The second-order valence-electron chi connectivity index (χ2n) is 5.96. The highest BCUT2D eigenvalue weighted by Gasteiger charge is 2.25. The maximum atomic E-state index is 11.6. The van der Waals surface area contributed by atoms with Crippen LogP contribution in [-0.4, -0.2) is 11.9 Å². The van der Waals surface area contributed by atoms with Crippen LogP contribution in [0.5, 0.6) is 5.75 Å². The van der Waals surface area contributed by atoms with Gasteiger partial charge < -0.3 is 4.74 Å². The van der Waals surface area contributed by atoms with E-state index in [4.69, 9.17) is 4.74 Å². The monoisotopic (exact) mass is 260 g/mol. The Labute approximate surface area is 116 Å². The van der Waals surface area contributed by atoms with E-state index < -0.39 is 0 Å². The fourth-order valence-electron chi connectivity index (χ4n) is 3.09. The number of hydrogen-bond acceptors (Lipinski definition) is 2. The Morgan fingerprint density at radius 1 is 1.11 bits per heavy atom. The molecule has 0 amide bonds. The van der Waals surface area contributed by atoms with Crippen molar-refractivity contribution in [2.24, 2.45) is 11.8 Å². The lowest BCUT2D eigenvalue weighted by atomic mass is 9.82. The Bertz CT molecular complexity index is 411. The largest absolute Gasteiger partial charge is 0.490 e. The van der Waals surface area contributed by atoms with Gasteiger partial charge in [-0.2, -0.15) is 0 Å². The van der Waals surface area contributed by atoms with Crippen molar-refractivity contribution in [1.29, 1.82) is 0 Å². The van der Waals surface area contributed by atoms with E-state index in [1.807, 2.05) is 31.2 Å². The van der Waals surface area contributed by atoms with Gasteiger partial charge in [0.05, 0.1) is 6.10 Å². The molecule has 2 nitrogen and oxygen atoms in total. The quantitative estimate of drug-likeness (QED) is 0.746. The first-order valence-electron chi connectivity index (χ1n) is 7.38. The van der Waals surface area contributed by atoms with Gasteiger partial charge in [-0.3, -0.25) is 4.79 Å². The molecule has 0 bridgehead atoms. The molecule has 0 N–H and O–H groups in total. The first kappa shape index (κ1) is 14.1. The summed E-state index contributed by atoms with van der Waals surface area (Å²) in [5.41, 5.74) is 0.778. The maximum Gasteiger partial charge on any atom is 0.162 e. The molecule has 0 aromatic heterocycles. The highest BCUT2D eigenvalue weighted by molar-refractivity contribution is 5.95. The van der Waals surface area contributed by atoms with Crippen molar-refractivity contribution >= 4 is 5.78 Å². The van der Waals surface area contributed by atoms with E-state index in [0.717, 1.165) is 36.0 Å². The second-order valence-corrected chi connectivity index (χ2v) is 5.96. The van der Waals surface area contributed by atoms with Crippen LogP contribution in [0, 0.1) is 11.8 Å².